The fraction of sp³-hybridized carbons (Fsp3) is 0.0526. The number of hydrogen-bond acceptors (Lipinski definition) is 3. The molecule has 0 aromatic heterocycles. The van der Waals surface area contributed by atoms with Gasteiger partial charge in [-0.05, 0) is 35.9 Å². The van der Waals surface area contributed by atoms with Crippen molar-refractivity contribution in [3.63, 3.8) is 0 Å². The Labute approximate surface area is 133 Å². The van der Waals surface area contributed by atoms with Gasteiger partial charge in [0.2, 0.25) is 0 Å². The Balaban J connectivity index is 1.61. The molecule has 0 N–H and O–H groups in total. The monoisotopic (exact) mass is 306 g/mol. The van der Waals surface area contributed by atoms with Gasteiger partial charge < -0.3 is 8.92 Å². The molecule has 108 valence electrons. The minimum absolute atomic E-state index is 0.849. The Hall–Kier alpha value is -2.39. The first-order valence-electron chi connectivity index (χ1n) is 7.17. The highest BCUT2D eigenvalue weighted by molar-refractivity contribution is 7.95. The van der Waals surface area contributed by atoms with Crippen LogP contribution in [0.3, 0.4) is 0 Å². The summed E-state index contributed by atoms with van der Waals surface area (Å²) in [4.78, 5) is 1.09. The number of ether oxygens (including phenoxy) is 1. The van der Waals surface area contributed by atoms with Crippen molar-refractivity contribution < 1.29 is 8.92 Å². The summed E-state index contributed by atoms with van der Waals surface area (Å²) >= 11 is 1.38. The molecule has 2 nitrogen and oxygen atoms in total. The first kappa shape index (κ1) is 13.3. The molecular weight excluding hydrogens is 292 g/mol. The highest BCUT2D eigenvalue weighted by Crippen LogP contribution is 2.41. The van der Waals surface area contributed by atoms with Crippen molar-refractivity contribution in [3.8, 4) is 17.2 Å². The second-order valence-corrected chi connectivity index (χ2v) is 5.87. The maximum absolute atomic E-state index is 6.00. The van der Waals surface area contributed by atoms with Gasteiger partial charge in [0.15, 0.2) is 0 Å². The van der Waals surface area contributed by atoms with Gasteiger partial charge in [0.25, 0.3) is 0 Å². The lowest BCUT2D eigenvalue weighted by Crippen LogP contribution is -2.04. The van der Waals surface area contributed by atoms with Crippen LogP contribution in [0.25, 0.3) is 0 Å². The molecule has 0 amide bonds. The Bertz CT molecular complexity index is 800. The molecule has 0 bridgehead atoms. The summed E-state index contributed by atoms with van der Waals surface area (Å²) < 4.78 is 11.8. The van der Waals surface area contributed by atoms with Crippen molar-refractivity contribution in [2.24, 2.45) is 0 Å². The molecule has 3 aromatic carbocycles. The molecule has 3 heteroatoms. The van der Waals surface area contributed by atoms with Gasteiger partial charge in [-0.15, -0.1) is 0 Å². The molecule has 0 atom stereocenters. The van der Waals surface area contributed by atoms with Gasteiger partial charge in [0.1, 0.15) is 17.2 Å². The number of hydrogen-bond donors (Lipinski definition) is 0. The van der Waals surface area contributed by atoms with Crippen LogP contribution in [0, 0.1) is 0 Å². The molecule has 22 heavy (non-hydrogen) atoms. The van der Waals surface area contributed by atoms with Crippen LogP contribution < -0.4 is 8.92 Å². The zero-order valence-corrected chi connectivity index (χ0v) is 12.7. The summed E-state index contributed by atoms with van der Waals surface area (Å²) in [6.45, 7) is 0. The summed E-state index contributed by atoms with van der Waals surface area (Å²) in [6.07, 6.45) is 0.868. The van der Waals surface area contributed by atoms with Crippen LogP contribution in [0.5, 0.6) is 17.2 Å². The molecule has 0 spiro atoms. The molecule has 0 aliphatic carbocycles. The topological polar surface area (TPSA) is 18.5 Å². The minimum Gasteiger partial charge on any atom is -0.457 e. The van der Waals surface area contributed by atoms with Crippen LogP contribution in [0.15, 0.2) is 77.7 Å². The fourth-order valence-electron chi connectivity index (χ4n) is 2.52. The molecule has 3 aromatic rings. The molecule has 1 aliphatic heterocycles. The highest BCUT2D eigenvalue weighted by atomic mass is 32.2. The molecule has 1 aliphatic rings. The SMILES string of the molecule is c1ccc(OSc2cccc3c2Cc2ccccc2O3)cc1. The lowest BCUT2D eigenvalue weighted by molar-refractivity contribution is 0.457. The summed E-state index contributed by atoms with van der Waals surface area (Å²) in [7, 11) is 0. The lowest BCUT2D eigenvalue weighted by atomic mass is 10.0. The maximum atomic E-state index is 6.00. The predicted molar refractivity (Wildman–Crippen MR) is 88.7 cm³/mol. The molecule has 0 radical (unpaired) electrons. The van der Waals surface area contributed by atoms with Gasteiger partial charge in [-0.1, -0.05) is 42.5 Å². The van der Waals surface area contributed by atoms with Gasteiger partial charge in [-0.3, -0.25) is 0 Å². The van der Waals surface area contributed by atoms with Crippen LogP contribution in [0.4, 0.5) is 0 Å². The van der Waals surface area contributed by atoms with Gasteiger partial charge in [-0.2, -0.15) is 0 Å². The van der Waals surface area contributed by atoms with Crippen molar-refractivity contribution in [1.82, 2.24) is 0 Å². The molecule has 0 saturated heterocycles. The van der Waals surface area contributed by atoms with Crippen LogP contribution in [0.1, 0.15) is 11.1 Å². The van der Waals surface area contributed by atoms with Crippen molar-refractivity contribution in [2.75, 3.05) is 0 Å². The summed E-state index contributed by atoms with van der Waals surface area (Å²) in [5.41, 5.74) is 2.39. The third kappa shape index (κ3) is 2.55. The van der Waals surface area contributed by atoms with E-state index in [0.717, 1.165) is 28.6 Å². The number of rotatable bonds is 3. The highest BCUT2D eigenvalue weighted by Gasteiger charge is 2.20. The van der Waals surface area contributed by atoms with E-state index in [0.29, 0.717) is 0 Å². The molecule has 0 saturated carbocycles. The standard InChI is InChI=1S/C19H14O2S/c1-2-8-15(9-3-1)21-22-19-12-6-11-18-16(19)13-14-7-4-5-10-17(14)20-18/h1-12H,13H2. The number of benzene rings is 3. The first-order valence-corrected chi connectivity index (χ1v) is 7.91. The smallest absolute Gasteiger partial charge is 0.137 e. The summed E-state index contributed by atoms with van der Waals surface area (Å²) in [6, 6.07) is 24.1. The average Bonchev–Trinajstić information content (AvgIpc) is 2.59. The Morgan fingerprint density at radius 3 is 2.45 bits per heavy atom. The maximum Gasteiger partial charge on any atom is 0.137 e. The lowest BCUT2D eigenvalue weighted by Gasteiger charge is -2.21. The first-order chi connectivity index (χ1) is 10.9. The van der Waals surface area contributed by atoms with E-state index < -0.39 is 0 Å². The van der Waals surface area contributed by atoms with E-state index in [1.165, 1.54) is 23.2 Å². The van der Waals surface area contributed by atoms with E-state index >= 15 is 0 Å². The van der Waals surface area contributed by atoms with E-state index in [1.807, 2.05) is 60.7 Å². The van der Waals surface area contributed by atoms with E-state index in [2.05, 4.69) is 12.1 Å². The normalized spacial score (nSPS) is 12.0. The van der Waals surface area contributed by atoms with E-state index in [-0.39, 0.29) is 0 Å². The van der Waals surface area contributed by atoms with E-state index in [9.17, 15) is 0 Å². The average molecular weight is 306 g/mol. The van der Waals surface area contributed by atoms with Crippen LogP contribution in [-0.2, 0) is 6.42 Å². The zero-order valence-electron chi connectivity index (χ0n) is 11.9. The Morgan fingerprint density at radius 1 is 0.773 bits per heavy atom. The fourth-order valence-corrected chi connectivity index (χ4v) is 3.23. The number of para-hydroxylation sites is 2. The third-order valence-electron chi connectivity index (χ3n) is 3.62. The van der Waals surface area contributed by atoms with Gasteiger partial charge in [0.05, 0.1) is 16.9 Å². The van der Waals surface area contributed by atoms with Crippen LogP contribution in [-0.4, -0.2) is 0 Å². The largest absolute Gasteiger partial charge is 0.457 e. The van der Waals surface area contributed by atoms with Crippen molar-refractivity contribution in [1.29, 1.82) is 0 Å². The predicted octanol–water partition coefficient (Wildman–Crippen LogP) is 5.47. The summed E-state index contributed by atoms with van der Waals surface area (Å²) in [5, 5.41) is 0. The summed E-state index contributed by atoms with van der Waals surface area (Å²) in [5.74, 6) is 2.71. The van der Waals surface area contributed by atoms with Crippen molar-refractivity contribution in [3.05, 3.63) is 83.9 Å². The minimum atomic E-state index is 0.849. The van der Waals surface area contributed by atoms with Gasteiger partial charge in [-0.25, -0.2) is 0 Å². The quantitative estimate of drug-likeness (QED) is 0.468. The molecule has 1 heterocycles. The second-order valence-electron chi connectivity index (χ2n) is 5.10. The zero-order chi connectivity index (χ0) is 14.8. The Kier molecular flexibility index (Phi) is 3.49. The van der Waals surface area contributed by atoms with Crippen LogP contribution >= 0.6 is 12.0 Å². The van der Waals surface area contributed by atoms with Crippen LogP contribution in [0.2, 0.25) is 0 Å². The second kappa shape index (κ2) is 5.78. The Morgan fingerprint density at radius 2 is 1.55 bits per heavy atom. The van der Waals surface area contributed by atoms with Crippen molar-refractivity contribution in [2.45, 2.75) is 11.3 Å². The molecule has 0 fully saturated rings. The van der Waals surface area contributed by atoms with E-state index in [1.54, 1.807) is 0 Å². The van der Waals surface area contributed by atoms with Gasteiger partial charge >= 0.3 is 0 Å². The molecule has 4 rings (SSSR count). The molecule has 0 unspecified atom stereocenters. The number of fused-ring (bicyclic) bond motifs is 2. The van der Waals surface area contributed by atoms with Crippen molar-refractivity contribution >= 4 is 12.0 Å². The molecular formula is C19H14O2S. The van der Waals surface area contributed by atoms with E-state index in [4.69, 9.17) is 8.92 Å². The van der Waals surface area contributed by atoms with Gasteiger partial charge in [0, 0.05) is 12.0 Å². The third-order valence-corrected chi connectivity index (χ3v) is 4.46.